The number of amides is 2. The third-order valence-corrected chi connectivity index (χ3v) is 5.25. The average Bonchev–Trinajstić information content (AvgIpc) is 3.07. The van der Waals surface area contributed by atoms with Crippen molar-refractivity contribution in [2.24, 2.45) is 0 Å². The molecule has 4 rings (SSSR count). The monoisotopic (exact) mass is 434 g/mol. The number of likely N-dealkylation sites (N-methyl/N-ethyl adjacent to an activating group) is 1. The van der Waals surface area contributed by atoms with Crippen LogP contribution in [-0.2, 0) is 9.59 Å². The van der Waals surface area contributed by atoms with Crippen LogP contribution in [0.5, 0.6) is 5.75 Å². The lowest BCUT2D eigenvalue weighted by Gasteiger charge is -2.25. The summed E-state index contributed by atoms with van der Waals surface area (Å²) in [5.74, 6) is -3.07. The molecular formula is C25H20F2N2O3. The highest BCUT2D eigenvalue weighted by atomic mass is 19.2. The van der Waals surface area contributed by atoms with E-state index in [4.69, 9.17) is 4.74 Å². The molecule has 0 atom stereocenters. The summed E-state index contributed by atoms with van der Waals surface area (Å²) in [6.45, 7) is 2.25. The first-order valence-corrected chi connectivity index (χ1v) is 10.0. The largest absolute Gasteiger partial charge is 0.496 e. The van der Waals surface area contributed by atoms with Crippen molar-refractivity contribution in [1.82, 2.24) is 0 Å². The first-order chi connectivity index (χ1) is 15.5. The highest BCUT2D eigenvalue weighted by molar-refractivity contribution is 6.46. The van der Waals surface area contributed by atoms with Crippen molar-refractivity contribution in [3.63, 3.8) is 0 Å². The second-order valence-corrected chi connectivity index (χ2v) is 7.05. The van der Waals surface area contributed by atoms with Gasteiger partial charge in [0.2, 0.25) is 0 Å². The fourth-order valence-corrected chi connectivity index (χ4v) is 3.80. The molecule has 0 fully saturated rings. The van der Waals surface area contributed by atoms with E-state index in [0.29, 0.717) is 23.5 Å². The van der Waals surface area contributed by atoms with Gasteiger partial charge in [0.25, 0.3) is 11.8 Å². The Hall–Kier alpha value is -4.00. The smallest absolute Gasteiger partial charge is 0.282 e. The summed E-state index contributed by atoms with van der Waals surface area (Å²) in [7, 11) is 1.47. The van der Waals surface area contributed by atoms with Gasteiger partial charge >= 0.3 is 0 Å². The number of anilines is 2. The first kappa shape index (κ1) is 21.2. The molecule has 32 heavy (non-hydrogen) atoms. The highest BCUT2D eigenvalue weighted by Gasteiger charge is 2.43. The number of methoxy groups -OCH3 is 1. The van der Waals surface area contributed by atoms with Crippen LogP contribution in [0.4, 0.5) is 20.2 Å². The SMILES string of the molecule is CCN(C1=C(c2ccccc2OC)C(=O)N(c2ccc(F)c(F)c2)C1=O)c1ccccc1. The van der Waals surface area contributed by atoms with Gasteiger partial charge < -0.3 is 9.64 Å². The van der Waals surface area contributed by atoms with Gasteiger partial charge in [0.1, 0.15) is 11.4 Å². The molecule has 0 radical (unpaired) electrons. The summed E-state index contributed by atoms with van der Waals surface area (Å²) in [4.78, 5) is 29.8. The van der Waals surface area contributed by atoms with E-state index in [1.54, 1.807) is 29.2 Å². The molecular weight excluding hydrogens is 414 g/mol. The molecule has 1 aliphatic heterocycles. The second kappa shape index (κ2) is 8.63. The van der Waals surface area contributed by atoms with Gasteiger partial charge in [-0.2, -0.15) is 0 Å². The Morgan fingerprint density at radius 2 is 1.56 bits per heavy atom. The molecule has 0 saturated heterocycles. The number of hydrogen-bond donors (Lipinski definition) is 0. The number of para-hydroxylation sites is 2. The molecule has 0 unspecified atom stereocenters. The minimum atomic E-state index is -1.15. The van der Waals surface area contributed by atoms with E-state index >= 15 is 0 Å². The Bertz CT molecular complexity index is 1220. The Morgan fingerprint density at radius 1 is 0.875 bits per heavy atom. The summed E-state index contributed by atoms with van der Waals surface area (Å²) in [5.41, 5.74) is 1.36. The lowest BCUT2D eigenvalue weighted by Crippen LogP contribution is -2.35. The Labute approximate surface area is 184 Å². The molecule has 1 heterocycles. The topological polar surface area (TPSA) is 49.9 Å². The molecule has 162 valence electrons. The van der Waals surface area contributed by atoms with Crippen LogP contribution < -0.4 is 14.5 Å². The molecule has 1 aliphatic rings. The number of carbonyl (C=O) groups is 2. The maximum atomic E-state index is 13.9. The van der Waals surface area contributed by atoms with Crippen molar-refractivity contribution in [2.75, 3.05) is 23.5 Å². The zero-order chi connectivity index (χ0) is 22.8. The van der Waals surface area contributed by atoms with Gasteiger partial charge in [-0.1, -0.05) is 36.4 Å². The fraction of sp³-hybridized carbons (Fsp3) is 0.120. The lowest BCUT2D eigenvalue weighted by molar-refractivity contribution is -0.120. The minimum absolute atomic E-state index is 0.0505. The molecule has 0 aromatic heterocycles. The van der Waals surface area contributed by atoms with E-state index in [-0.39, 0.29) is 17.0 Å². The van der Waals surface area contributed by atoms with E-state index < -0.39 is 23.4 Å². The summed E-state index contributed by atoms with van der Waals surface area (Å²) in [6.07, 6.45) is 0. The summed E-state index contributed by atoms with van der Waals surface area (Å²) < 4.78 is 32.9. The lowest BCUT2D eigenvalue weighted by atomic mass is 10.0. The predicted octanol–water partition coefficient (Wildman–Crippen LogP) is 4.78. The van der Waals surface area contributed by atoms with Crippen molar-refractivity contribution in [1.29, 1.82) is 0 Å². The van der Waals surface area contributed by atoms with E-state index in [0.717, 1.165) is 17.0 Å². The molecule has 5 nitrogen and oxygen atoms in total. The zero-order valence-corrected chi connectivity index (χ0v) is 17.5. The Kier molecular flexibility index (Phi) is 5.73. The van der Waals surface area contributed by atoms with Gasteiger partial charge in [0, 0.05) is 23.9 Å². The third kappa shape index (κ3) is 3.51. The van der Waals surface area contributed by atoms with Gasteiger partial charge in [0.05, 0.1) is 18.4 Å². The van der Waals surface area contributed by atoms with Crippen LogP contribution in [0.2, 0.25) is 0 Å². The quantitative estimate of drug-likeness (QED) is 0.524. The molecule has 3 aromatic rings. The summed E-state index contributed by atoms with van der Waals surface area (Å²) in [6, 6.07) is 19.0. The van der Waals surface area contributed by atoms with Gasteiger partial charge in [-0.25, -0.2) is 13.7 Å². The van der Waals surface area contributed by atoms with Crippen molar-refractivity contribution >= 4 is 28.8 Å². The van der Waals surface area contributed by atoms with E-state index in [1.807, 2.05) is 37.3 Å². The van der Waals surface area contributed by atoms with Crippen molar-refractivity contribution in [2.45, 2.75) is 6.92 Å². The molecule has 3 aromatic carbocycles. The maximum absolute atomic E-state index is 13.9. The number of carbonyl (C=O) groups excluding carboxylic acids is 2. The molecule has 0 saturated carbocycles. The molecule has 0 spiro atoms. The first-order valence-electron chi connectivity index (χ1n) is 10.0. The van der Waals surface area contributed by atoms with Crippen LogP contribution in [0.1, 0.15) is 12.5 Å². The zero-order valence-electron chi connectivity index (χ0n) is 17.5. The molecule has 0 N–H and O–H groups in total. The third-order valence-electron chi connectivity index (χ3n) is 5.25. The molecule has 0 bridgehead atoms. The standard InChI is InChI=1S/C25H20F2N2O3/c1-3-28(16-9-5-4-6-10-16)23-22(18-11-7-8-12-21(18)32-2)24(30)29(25(23)31)17-13-14-19(26)20(27)15-17/h4-15H,3H2,1-2H3. The number of ether oxygens (including phenoxy) is 1. The number of imide groups is 1. The number of halogens is 2. The minimum Gasteiger partial charge on any atom is -0.496 e. The molecule has 2 amide bonds. The maximum Gasteiger partial charge on any atom is 0.282 e. The summed E-state index contributed by atoms with van der Waals surface area (Å²) >= 11 is 0. The normalized spacial score (nSPS) is 13.7. The van der Waals surface area contributed by atoms with Crippen LogP contribution >= 0.6 is 0 Å². The van der Waals surface area contributed by atoms with Crippen molar-refractivity contribution in [3.8, 4) is 5.75 Å². The number of hydrogen-bond acceptors (Lipinski definition) is 4. The van der Waals surface area contributed by atoms with E-state index in [2.05, 4.69) is 0 Å². The summed E-state index contributed by atoms with van der Waals surface area (Å²) in [5, 5.41) is 0. The highest BCUT2D eigenvalue weighted by Crippen LogP contribution is 2.39. The second-order valence-electron chi connectivity index (χ2n) is 7.05. The molecule has 7 heteroatoms. The van der Waals surface area contributed by atoms with E-state index in [1.165, 1.54) is 13.2 Å². The van der Waals surface area contributed by atoms with Crippen molar-refractivity contribution < 1.29 is 23.1 Å². The van der Waals surface area contributed by atoms with Crippen molar-refractivity contribution in [3.05, 3.63) is 95.7 Å². The van der Waals surface area contributed by atoms with Gasteiger partial charge in [-0.05, 0) is 37.3 Å². The van der Waals surface area contributed by atoms with Crippen LogP contribution in [0, 0.1) is 11.6 Å². The average molecular weight is 434 g/mol. The predicted molar refractivity (Wildman–Crippen MR) is 118 cm³/mol. The van der Waals surface area contributed by atoms with Crippen LogP contribution in [0.3, 0.4) is 0 Å². The van der Waals surface area contributed by atoms with Gasteiger partial charge in [-0.15, -0.1) is 0 Å². The fourth-order valence-electron chi connectivity index (χ4n) is 3.80. The van der Waals surface area contributed by atoms with E-state index in [9.17, 15) is 18.4 Å². The van der Waals surface area contributed by atoms with Gasteiger partial charge in [-0.3, -0.25) is 9.59 Å². The van der Waals surface area contributed by atoms with Crippen LogP contribution in [-0.4, -0.2) is 25.5 Å². The van der Waals surface area contributed by atoms with Crippen LogP contribution in [0.15, 0.2) is 78.5 Å². The Morgan fingerprint density at radius 3 is 2.22 bits per heavy atom. The molecule has 0 aliphatic carbocycles. The number of nitrogens with zero attached hydrogens (tertiary/aromatic N) is 2. The van der Waals surface area contributed by atoms with Crippen LogP contribution in [0.25, 0.3) is 5.57 Å². The Balaban J connectivity index is 1.95. The van der Waals surface area contributed by atoms with Gasteiger partial charge in [0.15, 0.2) is 11.6 Å². The number of benzene rings is 3. The number of rotatable bonds is 6.